The summed E-state index contributed by atoms with van der Waals surface area (Å²) in [5.41, 5.74) is -1.13. The van der Waals surface area contributed by atoms with Gasteiger partial charge in [-0.1, -0.05) is 23.1 Å². The molecule has 0 aliphatic heterocycles. The molecule has 1 N–H and O–H groups in total. The summed E-state index contributed by atoms with van der Waals surface area (Å²) < 4.78 is 13.9. The van der Waals surface area contributed by atoms with Crippen LogP contribution in [-0.4, -0.2) is 26.2 Å². The molecule has 104 valence electrons. The third-order valence-corrected chi connectivity index (χ3v) is 4.12. The minimum atomic E-state index is -1.49. The number of aryl methyl sites for hydroxylation is 1. The summed E-state index contributed by atoms with van der Waals surface area (Å²) in [5.74, 6) is -2.64. The van der Waals surface area contributed by atoms with E-state index < -0.39 is 28.0 Å². The van der Waals surface area contributed by atoms with Crippen molar-refractivity contribution in [3.63, 3.8) is 0 Å². The maximum absolute atomic E-state index is 13.5. The Morgan fingerprint density at radius 1 is 1.50 bits per heavy atom. The number of carboxylic acid groups (broad SMARTS) is 1. The molecule has 0 aliphatic carbocycles. The van der Waals surface area contributed by atoms with Gasteiger partial charge in [0.25, 0.3) is 5.69 Å². The fraction of sp³-hybridized carbons (Fsp3) is 0.100. The molecule has 0 unspecified atom stereocenters. The first-order chi connectivity index (χ1) is 9.38. The molecule has 10 heteroatoms. The molecule has 1 heterocycles. The topological polar surface area (TPSA) is 106 Å². The molecule has 0 saturated carbocycles. The predicted molar refractivity (Wildman–Crippen MR) is 68.8 cm³/mol. The monoisotopic (exact) mass is 315 g/mol. The summed E-state index contributed by atoms with van der Waals surface area (Å²) in [6.45, 7) is 1.71. The summed E-state index contributed by atoms with van der Waals surface area (Å²) in [5, 5.41) is 27.9. The van der Waals surface area contributed by atoms with Crippen LogP contribution >= 0.6 is 23.1 Å². The molecular weight excluding hydrogens is 309 g/mol. The number of halogens is 1. The predicted octanol–water partition coefficient (Wildman–Crippen LogP) is 2.74. The maximum Gasteiger partial charge on any atom is 0.338 e. The van der Waals surface area contributed by atoms with Crippen LogP contribution in [0, 0.1) is 22.9 Å². The fourth-order valence-electron chi connectivity index (χ4n) is 1.34. The Hall–Kier alpha value is -2.07. The number of benzene rings is 1. The van der Waals surface area contributed by atoms with Gasteiger partial charge in [0.05, 0.1) is 21.4 Å². The maximum atomic E-state index is 13.5. The van der Waals surface area contributed by atoms with E-state index in [-0.39, 0.29) is 4.90 Å². The van der Waals surface area contributed by atoms with Crippen molar-refractivity contribution in [3.05, 3.63) is 38.6 Å². The summed E-state index contributed by atoms with van der Waals surface area (Å²) in [4.78, 5) is 21.0. The quantitative estimate of drug-likeness (QED) is 0.683. The number of aromatic nitrogens is 2. The van der Waals surface area contributed by atoms with Crippen molar-refractivity contribution in [1.29, 1.82) is 0 Å². The molecule has 0 atom stereocenters. The zero-order chi connectivity index (χ0) is 14.9. The van der Waals surface area contributed by atoms with Crippen molar-refractivity contribution in [3.8, 4) is 0 Å². The molecule has 1 aromatic heterocycles. The van der Waals surface area contributed by atoms with Crippen molar-refractivity contribution < 1.29 is 19.2 Å². The second kappa shape index (κ2) is 5.51. The standard InChI is InChI=1S/C10H6FN3O4S2/c1-4-12-13-10(19-4)20-8-2-5(9(15)16)6(11)3-7(8)14(17)18/h2-3H,1H3,(H,15,16). The second-order valence-electron chi connectivity index (χ2n) is 3.55. The molecule has 0 radical (unpaired) electrons. The number of carbonyl (C=O) groups is 1. The van der Waals surface area contributed by atoms with Crippen LogP contribution in [0.2, 0.25) is 0 Å². The SMILES string of the molecule is Cc1nnc(Sc2cc(C(=O)O)c(F)cc2[N+](=O)[O-])s1. The molecular formula is C10H6FN3O4S2. The van der Waals surface area contributed by atoms with E-state index in [0.29, 0.717) is 15.4 Å². The van der Waals surface area contributed by atoms with Crippen LogP contribution in [0.15, 0.2) is 21.4 Å². The van der Waals surface area contributed by atoms with Crippen LogP contribution in [-0.2, 0) is 0 Å². The van der Waals surface area contributed by atoms with Crippen LogP contribution in [0.5, 0.6) is 0 Å². The average Bonchev–Trinajstić information content (AvgIpc) is 2.76. The number of rotatable bonds is 4. The Bertz CT molecular complexity index is 704. The van der Waals surface area contributed by atoms with Gasteiger partial charge in [0.1, 0.15) is 10.8 Å². The second-order valence-corrected chi connectivity index (χ2v) is 6.02. The van der Waals surface area contributed by atoms with Crippen LogP contribution in [0.4, 0.5) is 10.1 Å². The van der Waals surface area contributed by atoms with E-state index in [0.717, 1.165) is 17.8 Å². The molecule has 0 saturated heterocycles. The highest BCUT2D eigenvalue weighted by Crippen LogP contribution is 2.37. The first kappa shape index (κ1) is 14.3. The highest BCUT2D eigenvalue weighted by molar-refractivity contribution is 8.01. The Balaban J connectivity index is 2.50. The van der Waals surface area contributed by atoms with Gasteiger partial charge in [-0.3, -0.25) is 10.1 Å². The lowest BCUT2D eigenvalue weighted by molar-refractivity contribution is -0.387. The molecule has 1 aromatic carbocycles. The number of hydrogen-bond acceptors (Lipinski definition) is 7. The highest BCUT2D eigenvalue weighted by Gasteiger charge is 2.23. The third-order valence-electron chi connectivity index (χ3n) is 2.18. The van der Waals surface area contributed by atoms with E-state index in [2.05, 4.69) is 10.2 Å². The minimum absolute atomic E-state index is 0.00458. The van der Waals surface area contributed by atoms with Crippen LogP contribution in [0.25, 0.3) is 0 Å². The van der Waals surface area contributed by atoms with Crippen molar-refractivity contribution in [2.75, 3.05) is 0 Å². The molecule has 2 rings (SSSR count). The van der Waals surface area contributed by atoms with Gasteiger partial charge in [0.2, 0.25) is 0 Å². The van der Waals surface area contributed by atoms with E-state index in [1.54, 1.807) is 6.92 Å². The first-order valence-corrected chi connectivity index (χ1v) is 6.71. The summed E-state index contributed by atoms with van der Waals surface area (Å²) in [7, 11) is 0. The van der Waals surface area contributed by atoms with Gasteiger partial charge in [-0.15, -0.1) is 10.2 Å². The van der Waals surface area contributed by atoms with Crippen molar-refractivity contribution in [2.45, 2.75) is 16.2 Å². The zero-order valence-corrected chi connectivity index (χ0v) is 11.5. The first-order valence-electron chi connectivity index (χ1n) is 5.07. The number of carboxylic acids is 1. The molecule has 0 fully saturated rings. The smallest absolute Gasteiger partial charge is 0.338 e. The number of nitro benzene ring substituents is 1. The lowest BCUT2D eigenvalue weighted by atomic mass is 10.2. The van der Waals surface area contributed by atoms with Gasteiger partial charge in [-0.05, 0) is 13.0 Å². The zero-order valence-electron chi connectivity index (χ0n) is 9.86. The summed E-state index contributed by atoms with van der Waals surface area (Å²) >= 11 is 2.08. The van der Waals surface area contributed by atoms with Gasteiger partial charge in [0.15, 0.2) is 4.34 Å². The van der Waals surface area contributed by atoms with E-state index >= 15 is 0 Å². The lowest BCUT2D eigenvalue weighted by Crippen LogP contribution is -2.03. The average molecular weight is 315 g/mol. The van der Waals surface area contributed by atoms with Gasteiger partial charge in [-0.2, -0.15) is 0 Å². The molecule has 0 aliphatic rings. The van der Waals surface area contributed by atoms with Gasteiger partial charge >= 0.3 is 5.97 Å². The Morgan fingerprint density at radius 3 is 2.70 bits per heavy atom. The van der Waals surface area contributed by atoms with Crippen molar-refractivity contribution >= 4 is 34.8 Å². The third kappa shape index (κ3) is 2.91. The van der Waals surface area contributed by atoms with E-state index in [9.17, 15) is 19.3 Å². The lowest BCUT2D eigenvalue weighted by Gasteiger charge is -2.03. The van der Waals surface area contributed by atoms with Crippen LogP contribution < -0.4 is 0 Å². The molecule has 0 amide bonds. The van der Waals surface area contributed by atoms with Crippen LogP contribution in [0.1, 0.15) is 15.4 Å². The highest BCUT2D eigenvalue weighted by atomic mass is 32.2. The number of nitro groups is 1. The van der Waals surface area contributed by atoms with Crippen molar-refractivity contribution in [2.24, 2.45) is 0 Å². The van der Waals surface area contributed by atoms with Gasteiger partial charge in [0, 0.05) is 0 Å². The minimum Gasteiger partial charge on any atom is -0.478 e. The van der Waals surface area contributed by atoms with E-state index in [4.69, 9.17) is 5.11 Å². The van der Waals surface area contributed by atoms with E-state index in [1.165, 1.54) is 11.3 Å². The van der Waals surface area contributed by atoms with Crippen LogP contribution in [0.3, 0.4) is 0 Å². The fourth-order valence-corrected chi connectivity index (χ4v) is 3.24. The number of aromatic carboxylic acids is 1. The number of nitrogens with zero attached hydrogens (tertiary/aromatic N) is 3. The Kier molecular flexibility index (Phi) is 3.95. The van der Waals surface area contributed by atoms with Gasteiger partial charge in [-0.25, -0.2) is 9.18 Å². The van der Waals surface area contributed by atoms with E-state index in [1.807, 2.05) is 0 Å². The summed E-state index contributed by atoms with van der Waals surface area (Å²) in [6.07, 6.45) is 0. The summed E-state index contributed by atoms with van der Waals surface area (Å²) in [6, 6.07) is 1.52. The molecule has 0 bridgehead atoms. The normalized spacial score (nSPS) is 10.5. The molecule has 0 spiro atoms. The number of hydrogen-bond donors (Lipinski definition) is 1. The molecule has 7 nitrogen and oxygen atoms in total. The van der Waals surface area contributed by atoms with Gasteiger partial charge < -0.3 is 5.11 Å². The largest absolute Gasteiger partial charge is 0.478 e. The van der Waals surface area contributed by atoms with Crippen molar-refractivity contribution in [1.82, 2.24) is 10.2 Å². The Morgan fingerprint density at radius 2 is 2.20 bits per heavy atom. The molecule has 20 heavy (non-hydrogen) atoms. The Labute approximate surface area is 119 Å². The molecule has 2 aromatic rings.